The Hall–Kier alpha value is -1.27. The summed E-state index contributed by atoms with van der Waals surface area (Å²) in [7, 11) is 0. The zero-order chi connectivity index (χ0) is 14.4. The zero-order valence-corrected chi connectivity index (χ0v) is 12.6. The van der Waals surface area contributed by atoms with E-state index in [0.717, 1.165) is 0 Å². The third-order valence-corrected chi connectivity index (χ3v) is 3.85. The molecular formula is C12H14BrClN2O3. The number of amides is 2. The quantitative estimate of drug-likeness (QED) is 0.761. The highest BCUT2D eigenvalue weighted by Gasteiger charge is 2.15. The first-order valence-corrected chi connectivity index (χ1v) is 6.84. The molecule has 1 atom stereocenters. The van der Waals surface area contributed by atoms with Crippen molar-refractivity contribution >= 4 is 45.2 Å². The fourth-order valence-electron chi connectivity index (χ4n) is 1.45. The molecule has 3 N–H and O–H groups in total. The van der Waals surface area contributed by atoms with E-state index in [0.29, 0.717) is 21.6 Å². The summed E-state index contributed by atoms with van der Waals surface area (Å²) in [5, 5.41) is 14.4. The minimum atomic E-state index is -0.948. The van der Waals surface area contributed by atoms with Crippen molar-refractivity contribution in [3.8, 4) is 0 Å². The van der Waals surface area contributed by atoms with E-state index < -0.39 is 18.0 Å². The molecule has 1 unspecified atom stereocenters. The van der Waals surface area contributed by atoms with Crippen LogP contribution in [0.5, 0.6) is 0 Å². The highest BCUT2D eigenvalue weighted by Crippen LogP contribution is 2.29. The van der Waals surface area contributed by atoms with Crippen LogP contribution in [0.15, 0.2) is 22.7 Å². The van der Waals surface area contributed by atoms with Crippen LogP contribution in [0, 0.1) is 0 Å². The Balaban J connectivity index is 2.64. The maximum atomic E-state index is 11.7. The molecule has 0 heterocycles. The molecule has 1 aromatic rings. The van der Waals surface area contributed by atoms with Crippen LogP contribution >= 0.6 is 27.5 Å². The summed E-state index contributed by atoms with van der Waals surface area (Å²) in [5.74, 6) is -0.948. The van der Waals surface area contributed by atoms with Crippen LogP contribution in [-0.2, 0) is 4.79 Å². The average Bonchev–Trinajstić information content (AvgIpc) is 2.33. The summed E-state index contributed by atoms with van der Waals surface area (Å²) in [6, 6.07) is 4.21. The number of rotatable bonds is 5. The lowest BCUT2D eigenvalue weighted by molar-refractivity contribution is -0.137. The molecule has 0 saturated carbocycles. The molecule has 5 nitrogen and oxygen atoms in total. The fraction of sp³-hybridized carbons (Fsp3) is 0.333. The van der Waals surface area contributed by atoms with Gasteiger partial charge in [0, 0.05) is 6.04 Å². The zero-order valence-electron chi connectivity index (χ0n) is 10.2. The van der Waals surface area contributed by atoms with Crippen LogP contribution in [0.4, 0.5) is 10.5 Å². The summed E-state index contributed by atoms with van der Waals surface area (Å²) in [4.78, 5) is 22.4. The van der Waals surface area contributed by atoms with Crippen molar-refractivity contribution in [2.75, 3.05) is 5.32 Å². The van der Waals surface area contributed by atoms with Gasteiger partial charge in [0.15, 0.2) is 0 Å². The van der Waals surface area contributed by atoms with E-state index >= 15 is 0 Å². The molecule has 0 aliphatic rings. The molecule has 0 radical (unpaired) electrons. The maximum absolute atomic E-state index is 11.7. The molecular weight excluding hydrogens is 336 g/mol. The van der Waals surface area contributed by atoms with Gasteiger partial charge in [-0.05, 0) is 34.5 Å². The second-order valence-corrected chi connectivity index (χ2v) is 5.10. The van der Waals surface area contributed by atoms with Gasteiger partial charge in [-0.3, -0.25) is 4.79 Å². The number of nitrogens with one attached hydrogen (secondary N) is 2. The van der Waals surface area contributed by atoms with Gasteiger partial charge in [0.05, 0.1) is 21.6 Å². The van der Waals surface area contributed by atoms with Crippen LogP contribution in [0.1, 0.15) is 19.8 Å². The Morgan fingerprint density at radius 3 is 2.74 bits per heavy atom. The first kappa shape index (κ1) is 15.8. The van der Waals surface area contributed by atoms with Crippen molar-refractivity contribution in [3.05, 3.63) is 27.7 Å². The molecule has 0 fully saturated rings. The molecule has 2 amide bonds. The number of halogens is 2. The van der Waals surface area contributed by atoms with Crippen molar-refractivity contribution < 1.29 is 14.7 Å². The Morgan fingerprint density at radius 1 is 1.47 bits per heavy atom. The fourth-order valence-corrected chi connectivity index (χ4v) is 1.99. The van der Waals surface area contributed by atoms with Crippen LogP contribution in [0.3, 0.4) is 0 Å². The molecule has 0 spiro atoms. The summed E-state index contributed by atoms with van der Waals surface area (Å²) in [5.41, 5.74) is 0.523. The van der Waals surface area contributed by atoms with Crippen molar-refractivity contribution in [1.29, 1.82) is 0 Å². The number of urea groups is 1. The molecule has 1 aromatic carbocycles. The predicted molar refractivity (Wildman–Crippen MR) is 77.6 cm³/mol. The smallest absolute Gasteiger partial charge is 0.319 e. The number of benzene rings is 1. The van der Waals surface area contributed by atoms with Crippen molar-refractivity contribution in [1.82, 2.24) is 5.32 Å². The monoisotopic (exact) mass is 348 g/mol. The van der Waals surface area contributed by atoms with E-state index in [-0.39, 0.29) is 6.42 Å². The minimum absolute atomic E-state index is 0.110. The summed E-state index contributed by atoms with van der Waals surface area (Å²) in [6.45, 7) is 1.81. The number of hydrogen-bond acceptors (Lipinski definition) is 2. The maximum Gasteiger partial charge on any atom is 0.319 e. The highest BCUT2D eigenvalue weighted by molar-refractivity contribution is 9.10. The van der Waals surface area contributed by atoms with E-state index in [1.807, 2.05) is 6.92 Å². The predicted octanol–water partition coefficient (Wildman–Crippen LogP) is 3.48. The molecule has 0 aromatic heterocycles. The van der Waals surface area contributed by atoms with Crippen molar-refractivity contribution in [2.45, 2.75) is 25.8 Å². The molecule has 0 bridgehead atoms. The standard InChI is InChI=1S/C12H14BrClN2O3/c1-2-7(6-10(17)18)15-12(19)16-9-5-3-4-8(14)11(9)13/h3-5,7H,2,6H2,1H3,(H,17,18)(H2,15,16,19). The number of hydrogen-bond donors (Lipinski definition) is 3. The molecule has 0 aliphatic heterocycles. The Kier molecular flexibility index (Phi) is 6.11. The number of carboxylic acid groups (broad SMARTS) is 1. The van der Waals surface area contributed by atoms with E-state index in [1.165, 1.54) is 0 Å². The largest absolute Gasteiger partial charge is 0.481 e. The van der Waals surface area contributed by atoms with E-state index in [2.05, 4.69) is 26.6 Å². The third-order valence-electron chi connectivity index (χ3n) is 2.45. The van der Waals surface area contributed by atoms with Gasteiger partial charge < -0.3 is 15.7 Å². The van der Waals surface area contributed by atoms with Crippen LogP contribution in [0.25, 0.3) is 0 Å². The second kappa shape index (κ2) is 7.35. The first-order chi connectivity index (χ1) is 8.93. The number of carbonyl (C=O) groups excluding carboxylic acids is 1. The average molecular weight is 350 g/mol. The van der Waals surface area contributed by atoms with Gasteiger partial charge in [-0.25, -0.2) is 4.79 Å². The SMILES string of the molecule is CCC(CC(=O)O)NC(=O)Nc1cccc(Cl)c1Br. The van der Waals surface area contributed by atoms with Crippen LogP contribution < -0.4 is 10.6 Å². The number of carboxylic acids is 1. The van der Waals surface area contributed by atoms with Gasteiger partial charge in [0.1, 0.15) is 0 Å². The number of carbonyl (C=O) groups is 2. The molecule has 1 rings (SSSR count). The molecule has 0 aliphatic carbocycles. The van der Waals surface area contributed by atoms with E-state index in [9.17, 15) is 9.59 Å². The molecule has 0 saturated heterocycles. The second-order valence-electron chi connectivity index (χ2n) is 3.90. The summed E-state index contributed by atoms with van der Waals surface area (Å²) >= 11 is 9.17. The minimum Gasteiger partial charge on any atom is -0.481 e. The molecule has 7 heteroatoms. The summed E-state index contributed by atoms with van der Waals surface area (Å²) in [6.07, 6.45) is 0.428. The Morgan fingerprint density at radius 2 is 2.16 bits per heavy atom. The van der Waals surface area contributed by atoms with Gasteiger partial charge in [-0.1, -0.05) is 24.6 Å². The highest BCUT2D eigenvalue weighted by atomic mass is 79.9. The summed E-state index contributed by atoms with van der Waals surface area (Å²) < 4.78 is 0.582. The van der Waals surface area contributed by atoms with Gasteiger partial charge in [0.2, 0.25) is 0 Å². The van der Waals surface area contributed by atoms with Gasteiger partial charge in [-0.15, -0.1) is 0 Å². The normalized spacial score (nSPS) is 11.7. The van der Waals surface area contributed by atoms with Gasteiger partial charge in [-0.2, -0.15) is 0 Å². The van der Waals surface area contributed by atoms with E-state index in [1.54, 1.807) is 18.2 Å². The topological polar surface area (TPSA) is 78.4 Å². The first-order valence-electron chi connectivity index (χ1n) is 5.67. The van der Waals surface area contributed by atoms with Gasteiger partial charge >= 0.3 is 12.0 Å². The van der Waals surface area contributed by atoms with Crippen molar-refractivity contribution in [2.24, 2.45) is 0 Å². The lowest BCUT2D eigenvalue weighted by Gasteiger charge is -2.16. The number of anilines is 1. The van der Waals surface area contributed by atoms with Crippen LogP contribution in [0.2, 0.25) is 5.02 Å². The third kappa shape index (κ3) is 5.08. The number of aliphatic carboxylic acids is 1. The van der Waals surface area contributed by atoms with E-state index in [4.69, 9.17) is 16.7 Å². The Labute approximate surface area is 124 Å². The van der Waals surface area contributed by atoms with Gasteiger partial charge in [0.25, 0.3) is 0 Å². The lowest BCUT2D eigenvalue weighted by Crippen LogP contribution is -2.38. The molecule has 19 heavy (non-hydrogen) atoms. The molecule has 104 valence electrons. The lowest BCUT2D eigenvalue weighted by atomic mass is 10.1. The Bertz CT molecular complexity index is 482. The van der Waals surface area contributed by atoms with Crippen molar-refractivity contribution in [3.63, 3.8) is 0 Å². The van der Waals surface area contributed by atoms with Crippen LogP contribution in [-0.4, -0.2) is 23.1 Å².